The summed E-state index contributed by atoms with van der Waals surface area (Å²) in [5, 5.41) is 45.8. The number of carbonyl (C=O) groups excluding carboxylic acids is 3. The summed E-state index contributed by atoms with van der Waals surface area (Å²) in [4.78, 5) is 34.0. The average molecular weight is 275 g/mol. The highest BCUT2D eigenvalue weighted by Crippen LogP contribution is 2.11. The molecule has 9 nitrogen and oxygen atoms in total. The van der Waals surface area contributed by atoms with E-state index in [9.17, 15) is 29.7 Å². The Morgan fingerprint density at radius 2 is 1.53 bits per heavy atom. The molecule has 3 amide bonds. The largest absolute Gasteiger partial charge is 0.394 e. The van der Waals surface area contributed by atoms with E-state index in [0.717, 1.165) is 12.2 Å². The Bertz CT molecular complexity index is 402. The van der Waals surface area contributed by atoms with E-state index in [1.807, 2.05) is 0 Å². The van der Waals surface area contributed by atoms with Crippen LogP contribution in [0.5, 0.6) is 0 Å². The molecule has 0 aromatic heterocycles. The van der Waals surface area contributed by atoms with Crippen LogP contribution in [0.2, 0.25) is 0 Å². The molecular weight excluding hydrogens is 262 g/mol. The van der Waals surface area contributed by atoms with Crippen LogP contribution in [0.15, 0.2) is 12.2 Å². The summed E-state index contributed by atoms with van der Waals surface area (Å²) in [7, 11) is 0. The minimum Gasteiger partial charge on any atom is -0.394 e. The van der Waals surface area contributed by atoms with Crippen LogP contribution in [-0.2, 0) is 14.4 Å². The Balaban J connectivity index is 2.77. The molecule has 5 N–H and O–H groups in total. The Labute approximate surface area is 107 Å². The van der Waals surface area contributed by atoms with Crippen molar-refractivity contribution in [3.05, 3.63) is 12.2 Å². The number of aliphatic hydroxyl groups is 5. The second-order valence-corrected chi connectivity index (χ2v) is 3.86. The topological polar surface area (TPSA) is 156 Å². The first-order valence-corrected chi connectivity index (χ1v) is 5.24. The van der Waals surface area contributed by atoms with Crippen molar-refractivity contribution in [2.24, 2.45) is 0 Å². The lowest BCUT2D eigenvalue weighted by Crippen LogP contribution is -2.53. The van der Waals surface area contributed by atoms with Crippen molar-refractivity contribution in [1.29, 1.82) is 0 Å². The number of carbonyl (C=O) groups is 3. The van der Waals surface area contributed by atoms with Gasteiger partial charge in [0.25, 0.3) is 17.7 Å². The van der Waals surface area contributed by atoms with Crippen molar-refractivity contribution in [2.75, 3.05) is 6.61 Å². The summed E-state index contributed by atoms with van der Waals surface area (Å²) in [6.45, 7) is -0.914. The summed E-state index contributed by atoms with van der Waals surface area (Å²) in [6, 6.07) is 0. The van der Waals surface area contributed by atoms with Crippen molar-refractivity contribution in [3.63, 3.8) is 0 Å². The van der Waals surface area contributed by atoms with Crippen LogP contribution in [0.25, 0.3) is 0 Å². The van der Waals surface area contributed by atoms with E-state index in [2.05, 4.69) is 0 Å². The molecule has 9 heteroatoms. The molecule has 0 bridgehead atoms. The maximum absolute atomic E-state index is 11.6. The standard InChI is InChI=1S/C10H13NO8/c12-3-4(13)7(16)8(17)9(18)10(19)11-5(14)1-2-6(11)15/h1-2,4,7-9,12-13,16-18H,3H2/t4-,7-,8+,9-/m1/s1. The fourth-order valence-corrected chi connectivity index (χ4v) is 1.42. The zero-order valence-electron chi connectivity index (χ0n) is 9.58. The van der Waals surface area contributed by atoms with E-state index in [1.54, 1.807) is 0 Å². The quantitative estimate of drug-likeness (QED) is 0.317. The van der Waals surface area contributed by atoms with Gasteiger partial charge in [0, 0.05) is 12.2 Å². The molecule has 0 aromatic rings. The summed E-state index contributed by atoms with van der Waals surface area (Å²) < 4.78 is 0. The van der Waals surface area contributed by atoms with E-state index in [1.165, 1.54) is 0 Å². The summed E-state index contributed by atoms with van der Waals surface area (Å²) in [6.07, 6.45) is -6.68. The highest BCUT2D eigenvalue weighted by atomic mass is 16.4. The molecule has 4 atom stereocenters. The monoisotopic (exact) mass is 275 g/mol. The number of hydrogen-bond donors (Lipinski definition) is 5. The Hall–Kier alpha value is -1.65. The zero-order valence-corrected chi connectivity index (χ0v) is 9.58. The minimum atomic E-state index is -2.30. The average Bonchev–Trinajstić information content (AvgIpc) is 2.73. The highest BCUT2D eigenvalue weighted by Gasteiger charge is 2.40. The van der Waals surface area contributed by atoms with Crippen molar-refractivity contribution in [3.8, 4) is 0 Å². The molecule has 0 saturated carbocycles. The molecule has 0 aromatic carbocycles. The molecule has 1 heterocycles. The number of nitrogens with zero attached hydrogens (tertiary/aromatic N) is 1. The zero-order chi connectivity index (χ0) is 14.7. The summed E-state index contributed by atoms with van der Waals surface area (Å²) >= 11 is 0. The third-order valence-electron chi connectivity index (χ3n) is 2.54. The number of hydrogen-bond acceptors (Lipinski definition) is 8. The fraction of sp³-hybridized carbons (Fsp3) is 0.500. The van der Waals surface area contributed by atoms with E-state index in [0.29, 0.717) is 0 Å². The van der Waals surface area contributed by atoms with Crippen LogP contribution in [0.3, 0.4) is 0 Å². The van der Waals surface area contributed by atoms with Gasteiger partial charge in [0.1, 0.15) is 18.3 Å². The fourth-order valence-electron chi connectivity index (χ4n) is 1.42. The molecule has 106 valence electrons. The molecule has 0 radical (unpaired) electrons. The van der Waals surface area contributed by atoms with Crippen molar-refractivity contribution >= 4 is 17.7 Å². The van der Waals surface area contributed by atoms with Gasteiger partial charge in [-0.25, -0.2) is 4.90 Å². The van der Waals surface area contributed by atoms with Gasteiger partial charge >= 0.3 is 0 Å². The third kappa shape index (κ3) is 3.03. The normalized spacial score (nSPS) is 21.4. The van der Waals surface area contributed by atoms with Gasteiger partial charge in [0.05, 0.1) is 6.61 Å². The van der Waals surface area contributed by atoms with Gasteiger partial charge in [-0.1, -0.05) is 0 Å². The lowest BCUT2D eigenvalue weighted by Gasteiger charge is -2.26. The lowest BCUT2D eigenvalue weighted by molar-refractivity contribution is -0.164. The predicted molar refractivity (Wildman–Crippen MR) is 57.1 cm³/mol. The first-order valence-electron chi connectivity index (χ1n) is 5.24. The van der Waals surface area contributed by atoms with Gasteiger partial charge in [0.2, 0.25) is 0 Å². The molecule has 1 aliphatic heterocycles. The van der Waals surface area contributed by atoms with Crippen LogP contribution in [0.1, 0.15) is 0 Å². The Morgan fingerprint density at radius 1 is 1.05 bits per heavy atom. The van der Waals surface area contributed by atoms with Crippen LogP contribution in [0, 0.1) is 0 Å². The molecular formula is C10H13NO8. The van der Waals surface area contributed by atoms with Crippen molar-refractivity contribution in [1.82, 2.24) is 4.90 Å². The van der Waals surface area contributed by atoms with Gasteiger partial charge in [-0.15, -0.1) is 0 Å². The predicted octanol–water partition coefficient (Wildman–Crippen LogP) is -4.13. The molecule has 1 rings (SSSR count). The molecule has 1 aliphatic rings. The third-order valence-corrected chi connectivity index (χ3v) is 2.54. The molecule has 19 heavy (non-hydrogen) atoms. The Morgan fingerprint density at radius 3 is 1.95 bits per heavy atom. The smallest absolute Gasteiger partial charge is 0.268 e. The van der Waals surface area contributed by atoms with Crippen molar-refractivity contribution in [2.45, 2.75) is 24.4 Å². The van der Waals surface area contributed by atoms with Crippen LogP contribution in [0.4, 0.5) is 0 Å². The number of rotatable bonds is 5. The van der Waals surface area contributed by atoms with E-state index < -0.39 is 48.7 Å². The molecule has 0 aliphatic carbocycles. The Kier molecular flexibility index (Phi) is 4.86. The van der Waals surface area contributed by atoms with Crippen molar-refractivity contribution < 1.29 is 39.9 Å². The SMILES string of the molecule is O=C1C=CC(=O)N1C(=O)[C@H](O)[C@@H](O)[C@H](O)[C@H](O)CO. The van der Waals surface area contributed by atoms with Gasteiger partial charge in [-0.2, -0.15) is 0 Å². The highest BCUT2D eigenvalue weighted by molar-refractivity contribution is 6.23. The van der Waals surface area contributed by atoms with Gasteiger partial charge in [-0.3, -0.25) is 14.4 Å². The summed E-state index contributed by atoms with van der Waals surface area (Å²) in [5.74, 6) is -3.41. The van der Waals surface area contributed by atoms with Crippen LogP contribution < -0.4 is 0 Å². The van der Waals surface area contributed by atoms with Crippen LogP contribution >= 0.6 is 0 Å². The second kappa shape index (κ2) is 5.99. The first-order chi connectivity index (χ1) is 8.81. The number of aliphatic hydroxyl groups excluding tert-OH is 5. The molecule has 0 saturated heterocycles. The van der Waals surface area contributed by atoms with E-state index in [-0.39, 0.29) is 4.90 Å². The number of imide groups is 3. The van der Waals surface area contributed by atoms with Gasteiger partial charge < -0.3 is 25.5 Å². The number of amides is 3. The van der Waals surface area contributed by atoms with Gasteiger partial charge in [-0.05, 0) is 0 Å². The molecule has 0 unspecified atom stereocenters. The maximum Gasteiger partial charge on any atom is 0.268 e. The maximum atomic E-state index is 11.6. The van der Waals surface area contributed by atoms with Crippen LogP contribution in [-0.4, -0.2) is 79.2 Å². The second-order valence-electron chi connectivity index (χ2n) is 3.86. The molecule has 0 spiro atoms. The summed E-state index contributed by atoms with van der Waals surface area (Å²) in [5.41, 5.74) is 0. The van der Waals surface area contributed by atoms with E-state index >= 15 is 0 Å². The minimum absolute atomic E-state index is 0.0892. The van der Waals surface area contributed by atoms with Gasteiger partial charge in [0.15, 0.2) is 6.10 Å². The molecule has 0 fully saturated rings. The lowest BCUT2D eigenvalue weighted by atomic mass is 10.0. The van der Waals surface area contributed by atoms with E-state index in [4.69, 9.17) is 10.2 Å². The first kappa shape index (κ1) is 15.4.